The molecule has 3 aromatic rings. The van der Waals surface area contributed by atoms with E-state index in [9.17, 15) is 18.0 Å². The number of alkyl halides is 3. The van der Waals surface area contributed by atoms with Crippen molar-refractivity contribution in [1.82, 2.24) is 0 Å². The largest absolute Gasteiger partial charge is 0.495 e. The van der Waals surface area contributed by atoms with Crippen LogP contribution in [0.1, 0.15) is 32.6 Å². The molecular weight excluding hydrogens is 471 g/mol. The zero-order chi connectivity index (χ0) is 26.3. The standard InChI is InChI=1S/C28H26F3NO4/c1-18-15-20(17-26(35-3)27(18)36-4)6-5-19-7-12-25(34-2)23(16-19)32-14-13-24(33)21-8-10-22(11-9-21)28(29,30)31/h5-17,32H,1-4H3/b6-5-,14-13-. The number of ether oxygens (including phenoxy) is 3. The molecule has 5 nitrogen and oxygen atoms in total. The molecule has 0 unspecified atom stereocenters. The van der Waals surface area contributed by atoms with Gasteiger partial charge in [0.2, 0.25) is 0 Å². The molecule has 0 aliphatic heterocycles. The third-order valence-corrected chi connectivity index (χ3v) is 5.35. The van der Waals surface area contributed by atoms with Gasteiger partial charge in [-0.1, -0.05) is 30.4 Å². The number of benzene rings is 3. The van der Waals surface area contributed by atoms with Crippen molar-refractivity contribution in [2.75, 3.05) is 26.6 Å². The van der Waals surface area contributed by atoms with E-state index in [4.69, 9.17) is 14.2 Å². The highest BCUT2D eigenvalue weighted by atomic mass is 19.4. The summed E-state index contributed by atoms with van der Waals surface area (Å²) >= 11 is 0. The quantitative estimate of drug-likeness (QED) is 0.196. The molecule has 8 heteroatoms. The van der Waals surface area contributed by atoms with Crippen LogP contribution < -0.4 is 19.5 Å². The van der Waals surface area contributed by atoms with Gasteiger partial charge in [0.05, 0.1) is 32.6 Å². The van der Waals surface area contributed by atoms with Crippen LogP contribution in [0.15, 0.2) is 66.9 Å². The number of aryl methyl sites for hydroxylation is 1. The number of carbonyl (C=O) groups excluding carboxylic acids is 1. The summed E-state index contributed by atoms with van der Waals surface area (Å²) in [7, 11) is 4.71. The van der Waals surface area contributed by atoms with E-state index in [1.165, 1.54) is 19.4 Å². The van der Waals surface area contributed by atoms with Crippen molar-refractivity contribution in [1.29, 1.82) is 0 Å². The number of anilines is 1. The Hall–Kier alpha value is -4.20. The summed E-state index contributed by atoms with van der Waals surface area (Å²) in [4.78, 5) is 12.3. The SMILES string of the molecule is COc1ccc(/C=C\c2cc(C)c(OC)c(OC)c2)cc1N/C=C\C(=O)c1ccc(C(F)(F)F)cc1. The summed E-state index contributed by atoms with van der Waals surface area (Å²) in [5, 5.41) is 3.00. The summed E-state index contributed by atoms with van der Waals surface area (Å²) < 4.78 is 54.3. The first-order valence-electron chi connectivity index (χ1n) is 10.9. The Morgan fingerprint density at radius 2 is 1.50 bits per heavy atom. The highest BCUT2D eigenvalue weighted by molar-refractivity contribution is 6.04. The van der Waals surface area contributed by atoms with Crippen LogP contribution in [-0.4, -0.2) is 27.1 Å². The number of nitrogens with one attached hydrogen (secondary N) is 1. The van der Waals surface area contributed by atoms with Crippen molar-refractivity contribution in [3.05, 3.63) is 94.7 Å². The maximum absolute atomic E-state index is 12.7. The molecule has 0 fully saturated rings. The topological polar surface area (TPSA) is 56.8 Å². The van der Waals surface area contributed by atoms with Crippen molar-refractivity contribution >= 4 is 23.6 Å². The smallest absolute Gasteiger partial charge is 0.416 e. The van der Waals surface area contributed by atoms with Gasteiger partial charge >= 0.3 is 6.18 Å². The van der Waals surface area contributed by atoms with Gasteiger partial charge in [-0.3, -0.25) is 4.79 Å². The van der Waals surface area contributed by atoms with Crippen molar-refractivity contribution in [3.8, 4) is 17.2 Å². The summed E-state index contributed by atoms with van der Waals surface area (Å²) in [5.74, 6) is 1.44. The van der Waals surface area contributed by atoms with Crippen LogP contribution in [0.5, 0.6) is 17.2 Å². The number of ketones is 1. The molecule has 0 spiro atoms. The molecule has 0 aromatic heterocycles. The Balaban J connectivity index is 1.75. The zero-order valence-electron chi connectivity index (χ0n) is 20.3. The van der Waals surface area contributed by atoms with E-state index in [1.54, 1.807) is 20.3 Å². The van der Waals surface area contributed by atoms with E-state index in [0.717, 1.165) is 41.0 Å². The Morgan fingerprint density at radius 1 is 0.833 bits per heavy atom. The first-order valence-corrected chi connectivity index (χ1v) is 10.9. The van der Waals surface area contributed by atoms with Gasteiger partial charge in [-0.25, -0.2) is 0 Å². The van der Waals surface area contributed by atoms with Crippen LogP contribution in [0.3, 0.4) is 0 Å². The molecule has 0 saturated carbocycles. The Labute approximate surface area is 207 Å². The van der Waals surface area contributed by atoms with Gasteiger partial charge < -0.3 is 19.5 Å². The van der Waals surface area contributed by atoms with E-state index in [2.05, 4.69) is 5.32 Å². The lowest BCUT2D eigenvalue weighted by atomic mass is 10.1. The predicted molar refractivity (Wildman–Crippen MR) is 135 cm³/mol. The van der Waals surface area contributed by atoms with Gasteiger partial charge in [-0.15, -0.1) is 0 Å². The van der Waals surface area contributed by atoms with Gasteiger partial charge in [0.15, 0.2) is 17.3 Å². The minimum atomic E-state index is -4.45. The fourth-order valence-electron chi connectivity index (χ4n) is 3.54. The van der Waals surface area contributed by atoms with E-state index < -0.39 is 17.5 Å². The molecule has 0 aliphatic carbocycles. The normalized spacial score (nSPS) is 11.6. The summed E-state index contributed by atoms with van der Waals surface area (Å²) in [6, 6.07) is 13.4. The van der Waals surface area contributed by atoms with Crippen LogP contribution in [-0.2, 0) is 6.18 Å². The molecule has 3 rings (SSSR count). The number of hydrogen-bond donors (Lipinski definition) is 1. The third-order valence-electron chi connectivity index (χ3n) is 5.35. The molecule has 0 atom stereocenters. The zero-order valence-corrected chi connectivity index (χ0v) is 20.3. The lowest BCUT2D eigenvalue weighted by Crippen LogP contribution is -2.05. The molecule has 0 saturated heterocycles. The minimum Gasteiger partial charge on any atom is -0.495 e. The van der Waals surface area contributed by atoms with Crippen LogP contribution in [0.2, 0.25) is 0 Å². The van der Waals surface area contributed by atoms with Crippen LogP contribution in [0, 0.1) is 6.92 Å². The predicted octanol–water partition coefficient (Wildman–Crippen LogP) is 7.02. The van der Waals surface area contributed by atoms with Gasteiger partial charge in [-0.2, -0.15) is 13.2 Å². The Bertz CT molecular complexity index is 1280. The van der Waals surface area contributed by atoms with Crippen LogP contribution in [0.4, 0.5) is 18.9 Å². The second-order valence-corrected chi connectivity index (χ2v) is 7.78. The van der Waals surface area contributed by atoms with E-state index >= 15 is 0 Å². The molecule has 0 bridgehead atoms. The molecule has 0 radical (unpaired) electrons. The van der Waals surface area contributed by atoms with Crippen molar-refractivity contribution < 1.29 is 32.2 Å². The van der Waals surface area contributed by atoms with E-state index in [1.807, 2.05) is 43.3 Å². The van der Waals surface area contributed by atoms with Crippen LogP contribution in [0.25, 0.3) is 12.2 Å². The second kappa shape index (κ2) is 11.5. The molecule has 1 N–H and O–H groups in total. The minimum absolute atomic E-state index is 0.148. The van der Waals surface area contributed by atoms with Crippen molar-refractivity contribution in [2.45, 2.75) is 13.1 Å². The van der Waals surface area contributed by atoms with Gasteiger partial charge in [0.25, 0.3) is 0 Å². The number of halogens is 3. The van der Waals surface area contributed by atoms with Crippen LogP contribution >= 0.6 is 0 Å². The van der Waals surface area contributed by atoms with Gasteiger partial charge in [-0.05, 0) is 60.0 Å². The summed E-state index contributed by atoms with van der Waals surface area (Å²) in [6.07, 6.45) is 2.07. The molecule has 188 valence electrons. The molecule has 0 aliphatic rings. The lowest BCUT2D eigenvalue weighted by Gasteiger charge is -2.11. The highest BCUT2D eigenvalue weighted by Crippen LogP contribution is 2.33. The molecular formula is C28H26F3NO4. The third kappa shape index (κ3) is 6.47. The summed E-state index contributed by atoms with van der Waals surface area (Å²) in [5.41, 5.74) is 2.69. The maximum Gasteiger partial charge on any atom is 0.416 e. The molecule has 0 heterocycles. The van der Waals surface area contributed by atoms with Crippen molar-refractivity contribution in [2.24, 2.45) is 0 Å². The number of rotatable bonds is 9. The maximum atomic E-state index is 12.7. The molecule has 36 heavy (non-hydrogen) atoms. The van der Waals surface area contributed by atoms with Gasteiger partial charge in [0, 0.05) is 17.8 Å². The Morgan fingerprint density at radius 3 is 2.11 bits per heavy atom. The fourth-order valence-corrected chi connectivity index (χ4v) is 3.54. The number of allylic oxidation sites excluding steroid dienone is 1. The number of methoxy groups -OCH3 is 3. The average Bonchev–Trinajstić information content (AvgIpc) is 2.86. The van der Waals surface area contributed by atoms with Gasteiger partial charge in [0.1, 0.15) is 5.75 Å². The van der Waals surface area contributed by atoms with Crippen molar-refractivity contribution in [3.63, 3.8) is 0 Å². The summed E-state index contributed by atoms with van der Waals surface area (Å²) in [6.45, 7) is 1.94. The molecule has 3 aromatic carbocycles. The average molecular weight is 498 g/mol. The Kier molecular flexibility index (Phi) is 8.42. The van der Waals surface area contributed by atoms with E-state index in [0.29, 0.717) is 22.9 Å². The monoisotopic (exact) mass is 497 g/mol. The second-order valence-electron chi connectivity index (χ2n) is 7.78. The molecule has 0 amide bonds. The fraction of sp³-hybridized carbons (Fsp3) is 0.179. The number of carbonyl (C=O) groups is 1. The highest BCUT2D eigenvalue weighted by Gasteiger charge is 2.30. The first-order chi connectivity index (χ1) is 17.2. The van der Waals surface area contributed by atoms with E-state index in [-0.39, 0.29) is 5.56 Å². The lowest BCUT2D eigenvalue weighted by molar-refractivity contribution is -0.137. The number of hydrogen-bond acceptors (Lipinski definition) is 5. The first kappa shape index (κ1) is 26.4.